The maximum Gasteiger partial charge on any atom is 0.0660 e. The second-order valence-electron chi connectivity index (χ2n) is 3.23. The van der Waals surface area contributed by atoms with E-state index in [0.29, 0.717) is 12.6 Å². The van der Waals surface area contributed by atoms with E-state index in [-0.39, 0.29) is 6.04 Å². The van der Waals surface area contributed by atoms with E-state index in [0.717, 1.165) is 5.92 Å². The second kappa shape index (κ2) is 3.75. The molecule has 0 saturated heterocycles. The van der Waals surface area contributed by atoms with E-state index in [1.807, 2.05) is 6.92 Å². The molecule has 1 fully saturated rings. The van der Waals surface area contributed by atoms with Crippen LogP contribution in [0.25, 0.3) is 0 Å². The van der Waals surface area contributed by atoms with Crippen molar-refractivity contribution in [2.45, 2.75) is 31.8 Å². The van der Waals surface area contributed by atoms with Crippen molar-refractivity contribution >= 4 is 0 Å². The number of rotatable bonds is 4. The smallest absolute Gasteiger partial charge is 0.0660 e. The first-order chi connectivity index (χ1) is 5.27. The van der Waals surface area contributed by atoms with Crippen LogP contribution in [0.4, 0.5) is 0 Å². The van der Waals surface area contributed by atoms with Gasteiger partial charge in [-0.25, -0.2) is 0 Å². The Hall–Kier alpha value is -0.520. The van der Waals surface area contributed by atoms with Crippen molar-refractivity contribution in [3.05, 3.63) is 0 Å². The summed E-state index contributed by atoms with van der Waals surface area (Å²) >= 11 is 0. The van der Waals surface area contributed by atoms with Crippen LogP contribution in [0, 0.1) is 18.3 Å². The largest absolute Gasteiger partial charge is 0.329 e. The Kier molecular flexibility index (Phi) is 2.92. The molecule has 0 aromatic heterocycles. The minimum atomic E-state index is 0.157. The van der Waals surface area contributed by atoms with Gasteiger partial charge in [-0.1, -0.05) is 5.92 Å². The first-order valence-corrected chi connectivity index (χ1v) is 4.20. The molecule has 2 atom stereocenters. The zero-order chi connectivity index (χ0) is 8.27. The molecule has 0 aliphatic heterocycles. The Morgan fingerprint density at radius 1 is 1.73 bits per heavy atom. The summed E-state index contributed by atoms with van der Waals surface area (Å²) in [6, 6.07) is 0.602. The van der Waals surface area contributed by atoms with E-state index in [1.165, 1.54) is 12.8 Å². The number of nitrogens with two attached hydrogens (primary N) is 1. The number of hydrogen-bond donors (Lipinski definition) is 2. The zero-order valence-corrected chi connectivity index (χ0v) is 7.01. The molecule has 0 bridgehead atoms. The molecule has 2 nitrogen and oxygen atoms in total. The highest BCUT2D eigenvalue weighted by Crippen LogP contribution is 2.32. The third-order valence-corrected chi connectivity index (χ3v) is 2.16. The van der Waals surface area contributed by atoms with Crippen LogP contribution in [0.3, 0.4) is 0 Å². The van der Waals surface area contributed by atoms with Gasteiger partial charge in [-0.05, 0) is 25.7 Å². The van der Waals surface area contributed by atoms with Crippen LogP contribution in [0.15, 0.2) is 0 Å². The topological polar surface area (TPSA) is 38.0 Å². The molecule has 2 heteroatoms. The van der Waals surface area contributed by atoms with Gasteiger partial charge in [0.15, 0.2) is 0 Å². The highest BCUT2D eigenvalue weighted by molar-refractivity contribution is 4.99. The second-order valence-corrected chi connectivity index (χ2v) is 3.23. The van der Waals surface area contributed by atoms with Gasteiger partial charge in [-0.15, -0.1) is 6.42 Å². The van der Waals surface area contributed by atoms with Gasteiger partial charge in [0.05, 0.1) is 6.04 Å². The van der Waals surface area contributed by atoms with E-state index in [1.54, 1.807) is 0 Å². The maximum absolute atomic E-state index is 5.59. The molecular weight excluding hydrogens is 136 g/mol. The van der Waals surface area contributed by atoms with Gasteiger partial charge in [-0.3, -0.25) is 5.32 Å². The standard InChI is InChI=1S/C9H16N2/c1-3-7(2)11-9(6-10)8-4-5-8/h1,7-9,11H,4-6,10H2,2H3. The van der Waals surface area contributed by atoms with E-state index < -0.39 is 0 Å². The van der Waals surface area contributed by atoms with Crippen molar-refractivity contribution in [2.24, 2.45) is 11.7 Å². The summed E-state index contributed by atoms with van der Waals surface area (Å²) in [6.45, 7) is 2.70. The monoisotopic (exact) mass is 152 g/mol. The molecule has 0 aromatic rings. The lowest BCUT2D eigenvalue weighted by Crippen LogP contribution is -2.42. The Morgan fingerprint density at radius 2 is 2.36 bits per heavy atom. The molecule has 3 N–H and O–H groups in total. The summed E-state index contributed by atoms with van der Waals surface area (Å²) in [4.78, 5) is 0. The van der Waals surface area contributed by atoms with Crippen LogP contribution in [0.2, 0.25) is 0 Å². The van der Waals surface area contributed by atoms with E-state index in [4.69, 9.17) is 12.2 Å². The van der Waals surface area contributed by atoms with Crippen LogP contribution < -0.4 is 11.1 Å². The van der Waals surface area contributed by atoms with Crippen LogP contribution in [0.1, 0.15) is 19.8 Å². The summed E-state index contributed by atoms with van der Waals surface area (Å²) in [6.07, 6.45) is 7.87. The van der Waals surface area contributed by atoms with Gasteiger partial charge < -0.3 is 5.73 Å². The Bertz CT molecular complexity index is 155. The van der Waals surface area contributed by atoms with Crippen LogP contribution in [-0.4, -0.2) is 18.6 Å². The lowest BCUT2D eigenvalue weighted by Gasteiger charge is -2.17. The van der Waals surface area contributed by atoms with Crippen molar-refractivity contribution in [1.82, 2.24) is 5.32 Å². The van der Waals surface area contributed by atoms with Gasteiger partial charge >= 0.3 is 0 Å². The molecule has 1 aliphatic carbocycles. The van der Waals surface area contributed by atoms with Crippen molar-refractivity contribution in [3.8, 4) is 12.3 Å². The van der Waals surface area contributed by atoms with Crippen LogP contribution in [-0.2, 0) is 0 Å². The van der Waals surface area contributed by atoms with Crippen LogP contribution in [0.5, 0.6) is 0 Å². The quantitative estimate of drug-likeness (QED) is 0.570. The van der Waals surface area contributed by atoms with E-state index in [2.05, 4.69) is 11.2 Å². The molecule has 0 heterocycles. The number of hydrogen-bond acceptors (Lipinski definition) is 2. The van der Waals surface area contributed by atoms with Gasteiger partial charge in [0.25, 0.3) is 0 Å². The molecular formula is C9H16N2. The predicted octanol–water partition coefficient (Wildman–Crippen LogP) is 0.335. The predicted molar refractivity (Wildman–Crippen MR) is 47.0 cm³/mol. The fraction of sp³-hybridized carbons (Fsp3) is 0.778. The molecule has 2 unspecified atom stereocenters. The first-order valence-electron chi connectivity index (χ1n) is 4.20. The fourth-order valence-corrected chi connectivity index (χ4v) is 1.26. The maximum atomic E-state index is 5.59. The molecule has 0 spiro atoms. The van der Waals surface area contributed by atoms with Crippen molar-refractivity contribution < 1.29 is 0 Å². The van der Waals surface area contributed by atoms with E-state index in [9.17, 15) is 0 Å². The summed E-state index contributed by atoms with van der Waals surface area (Å²) < 4.78 is 0. The molecule has 1 rings (SSSR count). The minimum absolute atomic E-state index is 0.157. The van der Waals surface area contributed by atoms with Crippen LogP contribution >= 0.6 is 0 Å². The average molecular weight is 152 g/mol. The minimum Gasteiger partial charge on any atom is -0.329 e. The lowest BCUT2D eigenvalue weighted by atomic mass is 10.1. The normalized spacial score (nSPS) is 22.3. The SMILES string of the molecule is C#CC(C)NC(CN)C1CC1. The Morgan fingerprint density at radius 3 is 2.73 bits per heavy atom. The summed E-state index contributed by atoms with van der Waals surface area (Å²) in [5.74, 6) is 3.43. The summed E-state index contributed by atoms with van der Waals surface area (Å²) in [5.41, 5.74) is 5.59. The van der Waals surface area contributed by atoms with Crippen molar-refractivity contribution in [2.75, 3.05) is 6.54 Å². The zero-order valence-electron chi connectivity index (χ0n) is 7.01. The molecule has 1 saturated carbocycles. The van der Waals surface area contributed by atoms with Gasteiger partial charge in [-0.2, -0.15) is 0 Å². The van der Waals surface area contributed by atoms with Gasteiger partial charge in [0.2, 0.25) is 0 Å². The summed E-state index contributed by atoms with van der Waals surface area (Å²) in [5, 5.41) is 3.32. The highest BCUT2D eigenvalue weighted by atomic mass is 15.0. The third kappa shape index (κ3) is 2.53. The fourth-order valence-electron chi connectivity index (χ4n) is 1.26. The van der Waals surface area contributed by atoms with E-state index >= 15 is 0 Å². The average Bonchev–Trinajstić information content (AvgIpc) is 2.82. The molecule has 0 radical (unpaired) electrons. The molecule has 0 amide bonds. The summed E-state index contributed by atoms with van der Waals surface area (Å²) in [7, 11) is 0. The molecule has 1 aliphatic rings. The number of terminal acetylenes is 1. The third-order valence-electron chi connectivity index (χ3n) is 2.16. The number of nitrogens with one attached hydrogen (secondary N) is 1. The molecule has 0 aromatic carbocycles. The highest BCUT2D eigenvalue weighted by Gasteiger charge is 2.30. The molecule has 62 valence electrons. The first kappa shape index (κ1) is 8.58. The van der Waals surface area contributed by atoms with Crippen molar-refractivity contribution in [1.29, 1.82) is 0 Å². The Balaban J connectivity index is 2.26. The van der Waals surface area contributed by atoms with Gasteiger partial charge in [0.1, 0.15) is 0 Å². The van der Waals surface area contributed by atoms with Gasteiger partial charge in [0, 0.05) is 12.6 Å². The Labute approximate surface area is 68.5 Å². The van der Waals surface area contributed by atoms with Crippen molar-refractivity contribution in [3.63, 3.8) is 0 Å². The molecule has 11 heavy (non-hydrogen) atoms. The lowest BCUT2D eigenvalue weighted by molar-refractivity contribution is 0.453.